The van der Waals surface area contributed by atoms with Crippen LogP contribution in [-0.4, -0.2) is 81.5 Å². The smallest absolute Gasteiger partial charge is 0.253 e. The van der Waals surface area contributed by atoms with Gasteiger partial charge in [-0.25, -0.2) is 9.97 Å². The lowest BCUT2D eigenvalue weighted by atomic mass is 9.83. The molecule has 0 unspecified atom stereocenters. The summed E-state index contributed by atoms with van der Waals surface area (Å²) in [5.41, 5.74) is 8.27. The van der Waals surface area contributed by atoms with Crippen LogP contribution in [0.3, 0.4) is 0 Å². The molecule has 0 bridgehead atoms. The summed E-state index contributed by atoms with van der Waals surface area (Å²) < 4.78 is 5.53. The van der Waals surface area contributed by atoms with E-state index in [2.05, 4.69) is 19.8 Å². The zero-order valence-electron chi connectivity index (χ0n) is 20.4. The highest BCUT2D eigenvalue weighted by Gasteiger charge is 2.30. The van der Waals surface area contributed by atoms with Gasteiger partial charge in [-0.1, -0.05) is 0 Å². The third-order valence-electron chi connectivity index (χ3n) is 6.54. The van der Waals surface area contributed by atoms with Crippen molar-refractivity contribution < 1.29 is 9.84 Å². The molecule has 2 fully saturated rings. The van der Waals surface area contributed by atoms with E-state index in [1.54, 1.807) is 6.92 Å². The molecule has 2 aliphatic heterocycles. The lowest BCUT2D eigenvalue weighted by Crippen LogP contribution is -2.41. The maximum absolute atomic E-state index is 10.3. The number of ether oxygens (including phenoxy) is 1. The minimum absolute atomic E-state index is 0.287. The number of piperidine rings is 1. The van der Waals surface area contributed by atoms with Crippen molar-refractivity contribution in [2.45, 2.75) is 52.2 Å². The first-order valence-corrected chi connectivity index (χ1v) is 12.0. The second-order valence-electron chi connectivity index (χ2n) is 9.88. The van der Waals surface area contributed by atoms with E-state index in [1.807, 2.05) is 26.0 Å². The van der Waals surface area contributed by atoms with Crippen LogP contribution in [0.2, 0.25) is 0 Å². The molecule has 2 saturated heterocycles. The fraction of sp³-hybridized carbons (Fsp3) is 0.625. The second-order valence-corrected chi connectivity index (χ2v) is 9.88. The summed E-state index contributed by atoms with van der Waals surface area (Å²) in [6.45, 7) is 10.9. The molecular formula is C24H36N8O2. The van der Waals surface area contributed by atoms with Gasteiger partial charge in [-0.2, -0.15) is 9.98 Å². The van der Waals surface area contributed by atoms with Gasteiger partial charge in [-0.3, -0.25) is 4.90 Å². The van der Waals surface area contributed by atoms with Crippen molar-refractivity contribution in [2.24, 2.45) is 16.6 Å². The van der Waals surface area contributed by atoms with Crippen molar-refractivity contribution in [3.63, 3.8) is 0 Å². The van der Waals surface area contributed by atoms with E-state index in [0.717, 1.165) is 68.1 Å². The highest BCUT2D eigenvalue weighted by Crippen LogP contribution is 2.29. The van der Waals surface area contributed by atoms with Gasteiger partial charge in [0.25, 0.3) is 5.95 Å². The van der Waals surface area contributed by atoms with Gasteiger partial charge in [0.05, 0.1) is 30.0 Å². The van der Waals surface area contributed by atoms with E-state index in [1.165, 1.54) is 0 Å². The Hall–Kier alpha value is -2.69. The standard InChI is InChI=1S/C24H36N8O2/c1-16(25)14-20(26)29-23-28-19-5-4-18(15-31-8-6-17(7-9-31)24(2,3)33)27-21(19)22(30-23)32-10-12-34-13-11-32/h4-5,17,25,33H,6-15H2,1-3H3,(H2,26,28,29,30). The van der Waals surface area contributed by atoms with E-state index >= 15 is 0 Å². The number of morpholine rings is 1. The molecule has 4 rings (SSSR count). The summed E-state index contributed by atoms with van der Waals surface area (Å²) in [6.07, 6.45) is 2.25. The quantitative estimate of drug-likeness (QED) is 0.416. The van der Waals surface area contributed by atoms with Crippen molar-refractivity contribution >= 4 is 34.3 Å². The molecule has 4 N–H and O–H groups in total. The molecule has 0 radical (unpaired) electrons. The van der Waals surface area contributed by atoms with Gasteiger partial charge in [-0.05, 0) is 64.8 Å². The Morgan fingerprint density at radius 3 is 2.53 bits per heavy atom. The minimum Gasteiger partial charge on any atom is -0.390 e. The predicted molar refractivity (Wildman–Crippen MR) is 134 cm³/mol. The van der Waals surface area contributed by atoms with Crippen LogP contribution in [0.1, 0.15) is 45.7 Å². The first-order valence-electron chi connectivity index (χ1n) is 12.0. The molecule has 2 aliphatic rings. The Kier molecular flexibility index (Phi) is 7.39. The Labute approximate surface area is 200 Å². The molecule has 10 nitrogen and oxygen atoms in total. The summed E-state index contributed by atoms with van der Waals surface area (Å²) in [5.74, 6) is 1.68. The molecule has 2 aromatic heterocycles. The Morgan fingerprint density at radius 2 is 1.88 bits per heavy atom. The van der Waals surface area contributed by atoms with Crippen LogP contribution in [0.4, 0.5) is 11.8 Å². The summed E-state index contributed by atoms with van der Waals surface area (Å²) in [4.78, 5) is 23.2. The maximum Gasteiger partial charge on any atom is 0.253 e. The molecule has 10 heteroatoms. The molecule has 0 amide bonds. The fourth-order valence-corrected chi connectivity index (χ4v) is 4.63. The van der Waals surface area contributed by atoms with Crippen LogP contribution < -0.4 is 10.6 Å². The number of aromatic nitrogens is 3. The number of hydrogen-bond donors (Lipinski definition) is 3. The molecule has 2 aromatic rings. The maximum atomic E-state index is 10.3. The van der Waals surface area contributed by atoms with E-state index in [9.17, 15) is 5.11 Å². The largest absolute Gasteiger partial charge is 0.390 e. The summed E-state index contributed by atoms with van der Waals surface area (Å²) in [7, 11) is 0. The van der Waals surface area contributed by atoms with Gasteiger partial charge in [-0.15, -0.1) is 0 Å². The molecule has 34 heavy (non-hydrogen) atoms. The second kappa shape index (κ2) is 10.3. The molecule has 0 atom stereocenters. The van der Waals surface area contributed by atoms with E-state index in [4.69, 9.17) is 25.8 Å². The lowest BCUT2D eigenvalue weighted by Gasteiger charge is -2.37. The topological polar surface area (TPSA) is 137 Å². The van der Waals surface area contributed by atoms with Crippen LogP contribution in [0.15, 0.2) is 17.1 Å². The van der Waals surface area contributed by atoms with E-state index in [0.29, 0.717) is 30.7 Å². The average molecular weight is 469 g/mol. The number of nitrogens with zero attached hydrogens (tertiary/aromatic N) is 6. The number of hydrogen-bond acceptors (Lipinski definition) is 9. The molecule has 0 aliphatic carbocycles. The normalized spacial score (nSPS) is 19.1. The Bertz CT molecular complexity index is 1050. The van der Waals surface area contributed by atoms with Crippen LogP contribution in [0.5, 0.6) is 0 Å². The van der Waals surface area contributed by atoms with Gasteiger partial charge >= 0.3 is 0 Å². The summed E-state index contributed by atoms with van der Waals surface area (Å²) in [6, 6.07) is 3.99. The number of nitrogens with two attached hydrogens (primary N) is 1. The van der Waals surface area contributed by atoms with Crippen molar-refractivity contribution in [2.75, 3.05) is 44.3 Å². The van der Waals surface area contributed by atoms with Gasteiger partial charge in [0.15, 0.2) is 5.82 Å². The van der Waals surface area contributed by atoms with Gasteiger partial charge in [0.1, 0.15) is 11.4 Å². The first kappa shape index (κ1) is 24.4. The number of fused-ring (bicyclic) bond motifs is 1. The van der Waals surface area contributed by atoms with Gasteiger partial charge < -0.3 is 25.9 Å². The molecule has 4 heterocycles. The third kappa shape index (κ3) is 6.05. The Morgan fingerprint density at radius 1 is 1.18 bits per heavy atom. The first-order chi connectivity index (χ1) is 16.2. The fourth-order valence-electron chi connectivity index (χ4n) is 4.63. The SMILES string of the molecule is CC(=N)CC(N)=Nc1nc(N2CCOCC2)c2nc(CN3CCC(C(C)(C)O)CC3)ccc2n1. The lowest BCUT2D eigenvalue weighted by molar-refractivity contribution is -0.0137. The number of nitrogens with one attached hydrogen (secondary N) is 1. The number of anilines is 1. The number of likely N-dealkylation sites (tertiary alicyclic amines) is 1. The van der Waals surface area contributed by atoms with Crippen molar-refractivity contribution in [3.8, 4) is 0 Å². The zero-order valence-corrected chi connectivity index (χ0v) is 20.4. The molecule has 0 aromatic carbocycles. The number of aliphatic hydroxyl groups is 1. The van der Waals surface area contributed by atoms with Gasteiger partial charge in [0, 0.05) is 31.8 Å². The number of rotatable bonds is 7. The van der Waals surface area contributed by atoms with E-state index in [-0.39, 0.29) is 12.4 Å². The van der Waals surface area contributed by atoms with Gasteiger partial charge in [0.2, 0.25) is 0 Å². The summed E-state index contributed by atoms with van der Waals surface area (Å²) >= 11 is 0. The zero-order chi connectivity index (χ0) is 24.3. The minimum atomic E-state index is -0.626. The van der Waals surface area contributed by atoms with Crippen LogP contribution >= 0.6 is 0 Å². The average Bonchev–Trinajstić information content (AvgIpc) is 2.78. The monoisotopic (exact) mass is 468 g/mol. The third-order valence-corrected chi connectivity index (χ3v) is 6.54. The number of aliphatic imine (C=N–C) groups is 1. The summed E-state index contributed by atoms with van der Waals surface area (Å²) in [5, 5.41) is 18.0. The predicted octanol–water partition coefficient (Wildman–Crippen LogP) is 2.26. The molecule has 0 saturated carbocycles. The number of pyridine rings is 1. The van der Waals surface area contributed by atoms with Crippen LogP contribution in [-0.2, 0) is 11.3 Å². The molecule has 184 valence electrons. The number of amidine groups is 1. The highest BCUT2D eigenvalue weighted by atomic mass is 16.5. The van der Waals surface area contributed by atoms with Crippen molar-refractivity contribution in [1.29, 1.82) is 5.41 Å². The highest BCUT2D eigenvalue weighted by molar-refractivity contribution is 6.01. The van der Waals surface area contributed by atoms with Crippen molar-refractivity contribution in [1.82, 2.24) is 19.9 Å². The van der Waals surface area contributed by atoms with E-state index < -0.39 is 5.60 Å². The van der Waals surface area contributed by atoms with Crippen LogP contribution in [0.25, 0.3) is 11.0 Å². The van der Waals surface area contributed by atoms with Crippen LogP contribution in [0, 0.1) is 11.3 Å². The molecular weight excluding hydrogens is 432 g/mol. The molecule has 0 spiro atoms. The Balaban J connectivity index is 1.60. The van der Waals surface area contributed by atoms with Crippen molar-refractivity contribution in [3.05, 3.63) is 17.8 Å².